The molecule has 1 heterocycles. The summed E-state index contributed by atoms with van der Waals surface area (Å²) in [4.78, 5) is 4.59. The van der Waals surface area contributed by atoms with E-state index >= 15 is 0 Å². The van der Waals surface area contributed by atoms with Crippen molar-refractivity contribution in [1.82, 2.24) is 4.98 Å². The topological polar surface area (TPSA) is 22.1 Å². The van der Waals surface area contributed by atoms with Crippen molar-refractivity contribution < 1.29 is 4.74 Å². The number of aromatic nitrogens is 1. The van der Waals surface area contributed by atoms with Crippen LogP contribution in [0.2, 0.25) is 0 Å². The first-order valence-corrected chi connectivity index (χ1v) is 6.10. The number of hydrogen-bond donors (Lipinski definition) is 1. The van der Waals surface area contributed by atoms with Crippen molar-refractivity contribution in [1.29, 1.82) is 0 Å². The number of ether oxygens (including phenoxy) is 1. The minimum absolute atomic E-state index is 0.713. The molecule has 0 saturated heterocycles. The van der Waals surface area contributed by atoms with E-state index in [0.29, 0.717) is 5.75 Å². The molecule has 0 aliphatic rings. The third-order valence-corrected chi connectivity index (χ3v) is 3.09. The van der Waals surface area contributed by atoms with Crippen molar-refractivity contribution >= 4 is 12.6 Å². The minimum Gasteiger partial charge on any atom is -0.496 e. The van der Waals surface area contributed by atoms with Gasteiger partial charge in [-0.05, 0) is 30.7 Å². The Balaban J connectivity index is 2.49. The fraction of sp³-hybridized carbons (Fsp3) is 0.214. The van der Waals surface area contributed by atoms with Gasteiger partial charge in [0, 0.05) is 17.0 Å². The number of thiol groups is 1. The zero-order valence-electron chi connectivity index (χ0n) is 9.97. The molecule has 0 saturated carbocycles. The van der Waals surface area contributed by atoms with Gasteiger partial charge in [0.2, 0.25) is 0 Å². The second-order valence-corrected chi connectivity index (χ2v) is 4.12. The summed E-state index contributed by atoms with van der Waals surface area (Å²) in [6.45, 7) is 2.00. The van der Waals surface area contributed by atoms with Gasteiger partial charge < -0.3 is 4.74 Å². The first-order valence-electron chi connectivity index (χ1n) is 5.47. The van der Waals surface area contributed by atoms with Crippen LogP contribution in [0, 0.1) is 6.92 Å². The van der Waals surface area contributed by atoms with Gasteiger partial charge in [0.05, 0.1) is 12.8 Å². The SMILES string of the molecule is COc1ccccc1-c1ccc(CS)c(C)n1. The van der Waals surface area contributed by atoms with Crippen LogP contribution in [-0.2, 0) is 5.75 Å². The van der Waals surface area contributed by atoms with E-state index in [-0.39, 0.29) is 0 Å². The van der Waals surface area contributed by atoms with Crippen LogP contribution < -0.4 is 4.74 Å². The third-order valence-electron chi connectivity index (χ3n) is 2.75. The maximum absolute atomic E-state index is 5.34. The van der Waals surface area contributed by atoms with Gasteiger partial charge >= 0.3 is 0 Å². The lowest BCUT2D eigenvalue weighted by atomic mass is 10.1. The van der Waals surface area contributed by atoms with Gasteiger partial charge in [0.1, 0.15) is 5.75 Å². The summed E-state index contributed by atoms with van der Waals surface area (Å²) >= 11 is 4.28. The van der Waals surface area contributed by atoms with Gasteiger partial charge in [-0.2, -0.15) is 12.6 Å². The van der Waals surface area contributed by atoms with Gasteiger partial charge in [-0.25, -0.2) is 0 Å². The molecule has 0 fully saturated rings. The summed E-state index contributed by atoms with van der Waals surface area (Å²) in [5.74, 6) is 1.56. The second kappa shape index (κ2) is 5.23. The molecule has 0 bridgehead atoms. The number of methoxy groups -OCH3 is 1. The minimum atomic E-state index is 0.713. The predicted molar refractivity (Wildman–Crippen MR) is 73.7 cm³/mol. The number of para-hydroxylation sites is 1. The van der Waals surface area contributed by atoms with Gasteiger partial charge in [-0.15, -0.1) is 0 Å². The molecule has 1 aromatic carbocycles. The molecule has 0 unspecified atom stereocenters. The average molecular weight is 245 g/mol. The molecule has 0 amide bonds. The Morgan fingerprint density at radius 1 is 1.18 bits per heavy atom. The molecule has 0 spiro atoms. The molecule has 2 nitrogen and oxygen atoms in total. The number of rotatable bonds is 3. The first-order chi connectivity index (χ1) is 8.26. The molecule has 0 aliphatic heterocycles. The van der Waals surface area contributed by atoms with Gasteiger partial charge in [-0.1, -0.05) is 18.2 Å². The van der Waals surface area contributed by atoms with Crippen LogP contribution in [0.5, 0.6) is 5.75 Å². The Morgan fingerprint density at radius 2 is 1.94 bits per heavy atom. The van der Waals surface area contributed by atoms with E-state index in [9.17, 15) is 0 Å². The largest absolute Gasteiger partial charge is 0.496 e. The highest BCUT2D eigenvalue weighted by Gasteiger charge is 2.07. The van der Waals surface area contributed by atoms with Crippen LogP contribution in [0.25, 0.3) is 11.3 Å². The smallest absolute Gasteiger partial charge is 0.128 e. The highest BCUT2D eigenvalue weighted by atomic mass is 32.1. The molecule has 3 heteroatoms. The molecule has 2 aromatic rings. The van der Waals surface area contributed by atoms with Crippen molar-refractivity contribution in [3.63, 3.8) is 0 Å². The van der Waals surface area contributed by atoms with E-state index in [1.54, 1.807) is 7.11 Å². The van der Waals surface area contributed by atoms with Crippen LogP contribution in [0.1, 0.15) is 11.3 Å². The summed E-state index contributed by atoms with van der Waals surface area (Å²) in [6.07, 6.45) is 0. The van der Waals surface area contributed by atoms with Crippen molar-refractivity contribution in [3.05, 3.63) is 47.7 Å². The molecule has 1 aromatic heterocycles. The quantitative estimate of drug-likeness (QED) is 0.836. The van der Waals surface area contributed by atoms with Crippen LogP contribution in [0.4, 0.5) is 0 Å². The van der Waals surface area contributed by atoms with E-state index in [0.717, 1.165) is 28.3 Å². The maximum Gasteiger partial charge on any atom is 0.128 e. The first kappa shape index (κ1) is 12.0. The molecule has 0 atom stereocenters. The van der Waals surface area contributed by atoms with Crippen molar-refractivity contribution in [2.24, 2.45) is 0 Å². The normalized spacial score (nSPS) is 10.3. The Labute approximate surface area is 107 Å². The summed E-state index contributed by atoms with van der Waals surface area (Å²) in [6, 6.07) is 12.0. The number of nitrogens with zero attached hydrogens (tertiary/aromatic N) is 1. The zero-order chi connectivity index (χ0) is 12.3. The Hall–Kier alpha value is -1.48. The number of hydrogen-bond acceptors (Lipinski definition) is 3. The highest BCUT2D eigenvalue weighted by Crippen LogP contribution is 2.28. The molecule has 0 N–H and O–H groups in total. The number of benzene rings is 1. The van der Waals surface area contributed by atoms with E-state index in [1.165, 1.54) is 0 Å². The van der Waals surface area contributed by atoms with Crippen LogP contribution in [-0.4, -0.2) is 12.1 Å². The number of aryl methyl sites for hydroxylation is 1. The fourth-order valence-electron chi connectivity index (χ4n) is 1.76. The molecule has 2 rings (SSSR count). The van der Waals surface area contributed by atoms with E-state index in [2.05, 4.69) is 23.7 Å². The third kappa shape index (κ3) is 2.44. The maximum atomic E-state index is 5.34. The molecule has 0 radical (unpaired) electrons. The van der Waals surface area contributed by atoms with Gasteiger partial charge in [0.15, 0.2) is 0 Å². The van der Waals surface area contributed by atoms with Crippen LogP contribution in [0.15, 0.2) is 36.4 Å². The Morgan fingerprint density at radius 3 is 2.59 bits per heavy atom. The van der Waals surface area contributed by atoms with Gasteiger partial charge in [-0.3, -0.25) is 4.98 Å². The highest BCUT2D eigenvalue weighted by molar-refractivity contribution is 7.79. The second-order valence-electron chi connectivity index (χ2n) is 3.80. The fourth-order valence-corrected chi connectivity index (χ4v) is 2.10. The number of pyridine rings is 1. The molecular formula is C14H15NOS. The van der Waals surface area contributed by atoms with E-state index < -0.39 is 0 Å². The average Bonchev–Trinajstić information content (AvgIpc) is 2.38. The van der Waals surface area contributed by atoms with Gasteiger partial charge in [0.25, 0.3) is 0 Å². The lowest BCUT2D eigenvalue weighted by molar-refractivity contribution is 0.416. The predicted octanol–water partition coefficient (Wildman–Crippen LogP) is 3.50. The van der Waals surface area contributed by atoms with E-state index in [4.69, 9.17) is 4.74 Å². The Bertz CT molecular complexity index is 525. The molecule has 88 valence electrons. The summed E-state index contributed by atoms with van der Waals surface area (Å²) in [5, 5.41) is 0. The van der Waals surface area contributed by atoms with Crippen molar-refractivity contribution in [3.8, 4) is 17.0 Å². The molecule has 0 aliphatic carbocycles. The standard InChI is InChI=1S/C14H15NOS/c1-10-11(9-17)7-8-13(15-10)12-5-3-4-6-14(12)16-2/h3-8,17H,9H2,1-2H3. The molecule has 17 heavy (non-hydrogen) atoms. The lowest BCUT2D eigenvalue weighted by Crippen LogP contribution is -1.94. The van der Waals surface area contributed by atoms with Crippen molar-refractivity contribution in [2.45, 2.75) is 12.7 Å². The zero-order valence-corrected chi connectivity index (χ0v) is 10.9. The lowest BCUT2D eigenvalue weighted by Gasteiger charge is -2.09. The van der Waals surface area contributed by atoms with Crippen molar-refractivity contribution in [2.75, 3.05) is 7.11 Å². The molecular weight excluding hydrogens is 230 g/mol. The Kier molecular flexibility index (Phi) is 3.69. The van der Waals surface area contributed by atoms with Crippen LogP contribution >= 0.6 is 12.6 Å². The van der Waals surface area contributed by atoms with E-state index in [1.807, 2.05) is 37.3 Å². The van der Waals surface area contributed by atoms with Crippen LogP contribution in [0.3, 0.4) is 0 Å². The summed E-state index contributed by atoms with van der Waals surface area (Å²) < 4.78 is 5.34. The summed E-state index contributed by atoms with van der Waals surface area (Å²) in [5.41, 5.74) is 4.13. The summed E-state index contributed by atoms with van der Waals surface area (Å²) in [7, 11) is 1.67. The monoisotopic (exact) mass is 245 g/mol.